The Balaban J connectivity index is 2.28. The van der Waals surface area contributed by atoms with Crippen LogP contribution in [0.2, 0.25) is 0 Å². The smallest absolute Gasteiger partial charge is 0.311 e. The van der Waals surface area contributed by atoms with Gasteiger partial charge in [-0.3, -0.25) is 4.79 Å². The second-order valence-electron chi connectivity index (χ2n) is 4.99. The average Bonchev–Trinajstić information content (AvgIpc) is 2.76. The highest BCUT2D eigenvalue weighted by molar-refractivity contribution is 5.92. The Labute approximate surface area is 106 Å². The molecular formula is C15H17NO2. The van der Waals surface area contributed by atoms with Crippen molar-refractivity contribution < 1.29 is 9.90 Å². The number of carboxylic acids is 1. The summed E-state index contributed by atoms with van der Waals surface area (Å²) >= 11 is 0. The van der Waals surface area contributed by atoms with E-state index in [0.717, 1.165) is 47.8 Å². The van der Waals surface area contributed by atoms with E-state index >= 15 is 0 Å². The summed E-state index contributed by atoms with van der Waals surface area (Å²) in [6.45, 7) is 2.13. The molecule has 1 unspecified atom stereocenters. The van der Waals surface area contributed by atoms with Gasteiger partial charge in [0.1, 0.15) is 0 Å². The molecule has 0 fully saturated rings. The van der Waals surface area contributed by atoms with E-state index in [0.29, 0.717) is 0 Å². The SMILES string of the molecule is CCc1cccc2c3c([nH]c12)CCCC3C(=O)O. The molecule has 0 spiro atoms. The maximum Gasteiger partial charge on any atom is 0.311 e. The summed E-state index contributed by atoms with van der Waals surface area (Å²) in [7, 11) is 0. The molecule has 1 aromatic heterocycles. The van der Waals surface area contributed by atoms with E-state index in [4.69, 9.17) is 0 Å². The maximum atomic E-state index is 11.4. The second-order valence-corrected chi connectivity index (χ2v) is 4.99. The minimum absolute atomic E-state index is 0.338. The van der Waals surface area contributed by atoms with Crippen molar-refractivity contribution in [1.82, 2.24) is 4.98 Å². The van der Waals surface area contributed by atoms with Crippen molar-refractivity contribution >= 4 is 16.9 Å². The lowest BCUT2D eigenvalue weighted by atomic mass is 9.85. The molecule has 0 saturated carbocycles. The van der Waals surface area contributed by atoms with Crippen LogP contribution in [0.15, 0.2) is 18.2 Å². The monoisotopic (exact) mass is 243 g/mol. The van der Waals surface area contributed by atoms with E-state index in [-0.39, 0.29) is 5.92 Å². The Hall–Kier alpha value is -1.77. The van der Waals surface area contributed by atoms with Crippen LogP contribution in [-0.2, 0) is 17.6 Å². The Kier molecular flexibility index (Phi) is 2.62. The highest BCUT2D eigenvalue weighted by Gasteiger charge is 2.29. The van der Waals surface area contributed by atoms with E-state index in [2.05, 4.69) is 18.0 Å². The van der Waals surface area contributed by atoms with Gasteiger partial charge in [0.2, 0.25) is 0 Å². The third-order valence-electron chi connectivity index (χ3n) is 3.99. The molecule has 0 radical (unpaired) electrons. The van der Waals surface area contributed by atoms with E-state index < -0.39 is 5.97 Å². The van der Waals surface area contributed by atoms with Crippen LogP contribution in [0.3, 0.4) is 0 Å². The first-order chi connectivity index (χ1) is 8.72. The number of hydrogen-bond donors (Lipinski definition) is 2. The van der Waals surface area contributed by atoms with Gasteiger partial charge in [-0.1, -0.05) is 25.1 Å². The van der Waals surface area contributed by atoms with Crippen LogP contribution >= 0.6 is 0 Å². The van der Waals surface area contributed by atoms with E-state index in [1.165, 1.54) is 5.56 Å². The lowest BCUT2D eigenvalue weighted by Crippen LogP contribution is -2.17. The molecule has 0 saturated heterocycles. The number of fused-ring (bicyclic) bond motifs is 3. The first kappa shape index (κ1) is 11.3. The lowest BCUT2D eigenvalue weighted by Gasteiger charge is -2.19. The van der Waals surface area contributed by atoms with Gasteiger partial charge in [0.15, 0.2) is 0 Å². The summed E-state index contributed by atoms with van der Waals surface area (Å²) in [6, 6.07) is 6.19. The third kappa shape index (κ3) is 1.54. The number of aromatic amines is 1. The Morgan fingerprint density at radius 1 is 1.50 bits per heavy atom. The standard InChI is InChI=1S/C15H17NO2/c1-2-9-5-3-6-10-13-11(15(17)18)7-4-8-12(13)16-14(9)10/h3,5-6,11,16H,2,4,7-8H2,1H3,(H,17,18). The number of nitrogens with one attached hydrogen (secondary N) is 1. The molecule has 2 N–H and O–H groups in total. The van der Waals surface area contributed by atoms with Gasteiger partial charge in [-0.15, -0.1) is 0 Å². The number of benzene rings is 1. The Morgan fingerprint density at radius 2 is 2.33 bits per heavy atom. The van der Waals surface area contributed by atoms with Crippen molar-refractivity contribution in [2.75, 3.05) is 0 Å². The van der Waals surface area contributed by atoms with E-state index in [1.807, 2.05) is 12.1 Å². The van der Waals surface area contributed by atoms with Gasteiger partial charge in [-0.2, -0.15) is 0 Å². The van der Waals surface area contributed by atoms with Crippen LogP contribution < -0.4 is 0 Å². The molecule has 0 bridgehead atoms. The van der Waals surface area contributed by atoms with Crippen LogP contribution in [0.5, 0.6) is 0 Å². The first-order valence-corrected chi connectivity index (χ1v) is 6.57. The van der Waals surface area contributed by atoms with Gasteiger partial charge in [0.05, 0.1) is 5.92 Å². The fraction of sp³-hybridized carbons (Fsp3) is 0.400. The molecule has 0 aliphatic heterocycles. The zero-order chi connectivity index (χ0) is 12.7. The minimum atomic E-state index is -0.696. The molecule has 1 atom stereocenters. The largest absolute Gasteiger partial charge is 0.481 e. The molecule has 1 aliphatic carbocycles. The van der Waals surface area contributed by atoms with Crippen LogP contribution in [-0.4, -0.2) is 16.1 Å². The number of rotatable bonds is 2. The van der Waals surface area contributed by atoms with Crippen molar-refractivity contribution in [1.29, 1.82) is 0 Å². The van der Waals surface area contributed by atoms with Gasteiger partial charge >= 0.3 is 5.97 Å². The van der Waals surface area contributed by atoms with Crippen molar-refractivity contribution in [3.05, 3.63) is 35.0 Å². The number of hydrogen-bond acceptors (Lipinski definition) is 1. The fourth-order valence-electron chi connectivity index (χ4n) is 3.12. The van der Waals surface area contributed by atoms with Gasteiger partial charge in [0, 0.05) is 16.6 Å². The van der Waals surface area contributed by atoms with Crippen LogP contribution in [0.25, 0.3) is 10.9 Å². The lowest BCUT2D eigenvalue weighted by molar-refractivity contribution is -0.139. The topological polar surface area (TPSA) is 53.1 Å². The average molecular weight is 243 g/mol. The first-order valence-electron chi connectivity index (χ1n) is 6.57. The number of carboxylic acid groups (broad SMARTS) is 1. The number of aryl methyl sites for hydroxylation is 2. The molecular weight excluding hydrogens is 226 g/mol. The summed E-state index contributed by atoms with van der Waals surface area (Å²) in [5.74, 6) is -1.03. The number of H-pyrrole nitrogens is 1. The normalized spacial score (nSPS) is 18.8. The van der Waals surface area contributed by atoms with Gasteiger partial charge in [0.25, 0.3) is 0 Å². The molecule has 94 valence electrons. The van der Waals surface area contributed by atoms with Gasteiger partial charge in [-0.05, 0) is 36.8 Å². The molecule has 1 aliphatic rings. The molecule has 3 rings (SSSR count). The highest BCUT2D eigenvalue weighted by Crippen LogP contribution is 2.38. The summed E-state index contributed by atoms with van der Waals surface area (Å²) in [4.78, 5) is 14.9. The van der Waals surface area contributed by atoms with E-state index in [9.17, 15) is 9.90 Å². The summed E-state index contributed by atoms with van der Waals surface area (Å²) < 4.78 is 0. The molecule has 3 nitrogen and oxygen atoms in total. The summed E-state index contributed by atoms with van der Waals surface area (Å²) in [6.07, 6.45) is 3.65. The third-order valence-corrected chi connectivity index (χ3v) is 3.99. The molecule has 0 amide bonds. The van der Waals surface area contributed by atoms with Crippen molar-refractivity contribution in [3.8, 4) is 0 Å². The van der Waals surface area contributed by atoms with Crippen molar-refractivity contribution in [3.63, 3.8) is 0 Å². The quantitative estimate of drug-likeness (QED) is 0.850. The summed E-state index contributed by atoms with van der Waals surface area (Å²) in [5, 5.41) is 10.5. The van der Waals surface area contributed by atoms with Crippen LogP contribution in [0.4, 0.5) is 0 Å². The zero-order valence-electron chi connectivity index (χ0n) is 10.5. The number of para-hydroxylation sites is 1. The number of carbonyl (C=O) groups is 1. The molecule has 3 heteroatoms. The fourth-order valence-corrected chi connectivity index (χ4v) is 3.12. The zero-order valence-corrected chi connectivity index (χ0v) is 10.5. The number of aliphatic carboxylic acids is 1. The van der Waals surface area contributed by atoms with Crippen molar-refractivity contribution in [2.24, 2.45) is 0 Å². The molecule has 1 heterocycles. The molecule has 18 heavy (non-hydrogen) atoms. The van der Waals surface area contributed by atoms with Crippen LogP contribution in [0.1, 0.15) is 42.5 Å². The molecule has 1 aromatic carbocycles. The Bertz CT molecular complexity index is 612. The predicted molar refractivity (Wildman–Crippen MR) is 71.0 cm³/mol. The van der Waals surface area contributed by atoms with Gasteiger partial charge in [-0.25, -0.2) is 0 Å². The second kappa shape index (κ2) is 4.16. The van der Waals surface area contributed by atoms with Crippen LogP contribution in [0, 0.1) is 0 Å². The number of aromatic nitrogens is 1. The maximum absolute atomic E-state index is 11.4. The Morgan fingerprint density at radius 3 is 3.06 bits per heavy atom. The minimum Gasteiger partial charge on any atom is -0.481 e. The van der Waals surface area contributed by atoms with Gasteiger partial charge < -0.3 is 10.1 Å². The molecule has 2 aromatic rings. The van der Waals surface area contributed by atoms with Crippen molar-refractivity contribution in [2.45, 2.75) is 38.5 Å². The highest BCUT2D eigenvalue weighted by atomic mass is 16.4. The van der Waals surface area contributed by atoms with E-state index in [1.54, 1.807) is 0 Å². The summed E-state index contributed by atoms with van der Waals surface area (Å²) in [5.41, 5.74) is 4.56. The predicted octanol–water partition coefficient (Wildman–Crippen LogP) is 3.23.